The second kappa shape index (κ2) is 8.38. The Kier molecular flexibility index (Phi) is 5.39. The Labute approximate surface area is 191 Å². The first kappa shape index (κ1) is 21.2. The smallest absolute Gasteiger partial charge is 0.254 e. The maximum Gasteiger partial charge on any atom is 0.254 e. The molecule has 0 aliphatic carbocycles. The van der Waals surface area contributed by atoms with E-state index in [4.69, 9.17) is 14.5 Å². The first-order chi connectivity index (χ1) is 15.9. The highest BCUT2D eigenvalue weighted by atomic mass is 16.6. The Balaban J connectivity index is 1.57. The fourth-order valence-electron chi connectivity index (χ4n) is 4.32. The van der Waals surface area contributed by atoms with Crippen molar-refractivity contribution in [3.8, 4) is 22.8 Å². The van der Waals surface area contributed by atoms with Crippen molar-refractivity contribution in [1.82, 2.24) is 24.6 Å². The molecule has 9 nitrogen and oxygen atoms in total. The zero-order valence-corrected chi connectivity index (χ0v) is 19.1. The lowest BCUT2D eigenvalue weighted by atomic mass is 10.0. The fourth-order valence-corrected chi connectivity index (χ4v) is 4.32. The Bertz CT molecular complexity index is 1230. The average Bonchev–Trinajstić information content (AvgIpc) is 3.27. The number of carbonyl (C=O) groups is 2. The number of ether oxygens (including phenoxy) is 2. The van der Waals surface area contributed by atoms with Crippen LogP contribution in [0.25, 0.3) is 22.3 Å². The van der Waals surface area contributed by atoms with Gasteiger partial charge in [0.15, 0.2) is 17.1 Å². The van der Waals surface area contributed by atoms with E-state index in [0.29, 0.717) is 67.8 Å². The first-order valence-electron chi connectivity index (χ1n) is 11.3. The minimum absolute atomic E-state index is 0.0347. The van der Waals surface area contributed by atoms with Crippen LogP contribution in [-0.4, -0.2) is 75.8 Å². The Morgan fingerprint density at radius 2 is 1.67 bits per heavy atom. The van der Waals surface area contributed by atoms with E-state index in [2.05, 4.69) is 5.10 Å². The van der Waals surface area contributed by atoms with Crippen molar-refractivity contribution < 1.29 is 19.1 Å². The van der Waals surface area contributed by atoms with Crippen molar-refractivity contribution in [2.75, 3.05) is 39.4 Å². The van der Waals surface area contributed by atoms with Gasteiger partial charge in [-0.05, 0) is 38.1 Å². The summed E-state index contributed by atoms with van der Waals surface area (Å²) in [6, 6.07) is 7.63. The minimum Gasteiger partial charge on any atom is -0.486 e. The molecule has 0 bridgehead atoms. The van der Waals surface area contributed by atoms with Crippen molar-refractivity contribution in [2.24, 2.45) is 0 Å². The summed E-state index contributed by atoms with van der Waals surface area (Å²) in [4.78, 5) is 33.7. The molecule has 2 aromatic heterocycles. The molecule has 0 spiro atoms. The third-order valence-electron chi connectivity index (χ3n) is 6.14. The summed E-state index contributed by atoms with van der Waals surface area (Å²) < 4.78 is 13.2. The molecule has 1 fully saturated rings. The molecule has 9 heteroatoms. The molecule has 2 aliphatic rings. The van der Waals surface area contributed by atoms with E-state index in [0.717, 1.165) is 10.9 Å². The van der Waals surface area contributed by atoms with Gasteiger partial charge >= 0.3 is 0 Å². The van der Waals surface area contributed by atoms with Gasteiger partial charge in [0.05, 0.1) is 22.8 Å². The zero-order valence-electron chi connectivity index (χ0n) is 19.1. The largest absolute Gasteiger partial charge is 0.486 e. The standard InChI is InChI=1S/C24H27N5O4/c1-15(2)29-23-19(14-25-29)18(24(31)28-8-6-27(7-9-28)16(3)30)13-20(26-23)17-4-5-21-22(12-17)33-11-10-32-21/h4-5,12-15H,6-11H2,1-3H3. The number of amides is 2. The number of aromatic nitrogens is 3. The van der Waals surface area contributed by atoms with Crippen LogP contribution in [0.3, 0.4) is 0 Å². The van der Waals surface area contributed by atoms with Crippen LogP contribution in [0.2, 0.25) is 0 Å². The van der Waals surface area contributed by atoms with Crippen LogP contribution in [0.1, 0.15) is 37.2 Å². The molecule has 0 N–H and O–H groups in total. The van der Waals surface area contributed by atoms with E-state index < -0.39 is 0 Å². The van der Waals surface area contributed by atoms with Gasteiger partial charge in [0.2, 0.25) is 5.91 Å². The van der Waals surface area contributed by atoms with E-state index in [9.17, 15) is 9.59 Å². The summed E-state index contributed by atoms with van der Waals surface area (Å²) in [6.07, 6.45) is 1.72. The van der Waals surface area contributed by atoms with Crippen molar-refractivity contribution in [1.29, 1.82) is 0 Å². The highest BCUT2D eigenvalue weighted by Crippen LogP contribution is 2.35. The first-order valence-corrected chi connectivity index (χ1v) is 11.3. The average molecular weight is 450 g/mol. The molecule has 0 atom stereocenters. The third kappa shape index (κ3) is 3.88. The van der Waals surface area contributed by atoms with Crippen molar-refractivity contribution in [3.05, 3.63) is 36.0 Å². The van der Waals surface area contributed by atoms with Gasteiger partial charge in [-0.2, -0.15) is 5.10 Å². The minimum atomic E-state index is -0.0762. The van der Waals surface area contributed by atoms with Crippen LogP contribution >= 0.6 is 0 Å². The summed E-state index contributed by atoms with van der Waals surface area (Å²) in [7, 11) is 0. The molecule has 0 saturated carbocycles. The maximum atomic E-state index is 13.6. The predicted molar refractivity (Wildman–Crippen MR) is 122 cm³/mol. The van der Waals surface area contributed by atoms with Gasteiger partial charge in [-0.15, -0.1) is 0 Å². The number of nitrogens with zero attached hydrogens (tertiary/aromatic N) is 5. The molecule has 5 rings (SSSR count). The van der Waals surface area contributed by atoms with Crippen LogP contribution in [0.4, 0.5) is 0 Å². The van der Waals surface area contributed by atoms with Crippen LogP contribution in [0.5, 0.6) is 11.5 Å². The monoisotopic (exact) mass is 449 g/mol. The van der Waals surface area contributed by atoms with Crippen molar-refractivity contribution in [3.63, 3.8) is 0 Å². The van der Waals surface area contributed by atoms with E-state index >= 15 is 0 Å². The number of rotatable bonds is 3. The molecular formula is C24H27N5O4. The van der Waals surface area contributed by atoms with Crippen LogP contribution in [0, 0.1) is 0 Å². The van der Waals surface area contributed by atoms with Crippen molar-refractivity contribution in [2.45, 2.75) is 26.8 Å². The van der Waals surface area contributed by atoms with E-state index in [1.54, 1.807) is 22.9 Å². The van der Waals surface area contributed by atoms with E-state index in [1.807, 2.05) is 42.8 Å². The lowest BCUT2D eigenvalue weighted by Gasteiger charge is -2.34. The predicted octanol–water partition coefficient (Wildman–Crippen LogP) is 2.75. The molecule has 0 radical (unpaired) electrons. The van der Waals surface area contributed by atoms with Crippen LogP contribution in [0.15, 0.2) is 30.5 Å². The van der Waals surface area contributed by atoms with Gasteiger partial charge in [-0.1, -0.05) is 0 Å². The number of pyridine rings is 1. The van der Waals surface area contributed by atoms with Crippen molar-refractivity contribution >= 4 is 22.8 Å². The molecule has 3 aromatic rings. The SMILES string of the molecule is CC(=O)N1CCN(C(=O)c2cc(-c3ccc4c(c3)OCCO4)nc3c2cnn3C(C)C)CC1. The van der Waals surface area contributed by atoms with Crippen LogP contribution < -0.4 is 9.47 Å². The maximum absolute atomic E-state index is 13.6. The second-order valence-electron chi connectivity index (χ2n) is 8.63. The second-order valence-corrected chi connectivity index (χ2v) is 8.63. The summed E-state index contributed by atoms with van der Waals surface area (Å²) in [5.74, 6) is 1.34. The highest BCUT2D eigenvalue weighted by Gasteiger charge is 2.27. The van der Waals surface area contributed by atoms with Gasteiger partial charge in [0, 0.05) is 44.7 Å². The van der Waals surface area contributed by atoms with Gasteiger partial charge < -0.3 is 19.3 Å². The molecule has 172 valence electrons. The summed E-state index contributed by atoms with van der Waals surface area (Å²) in [6.45, 7) is 8.73. The number of hydrogen-bond acceptors (Lipinski definition) is 6. The summed E-state index contributed by atoms with van der Waals surface area (Å²) in [5.41, 5.74) is 2.75. The molecule has 1 aromatic carbocycles. The summed E-state index contributed by atoms with van der Waals surface area (Å²) in [5, 5.41) is 5.24. The Morgan fingerprint density at radius 3 is 2.36 bits per heavy atom. The lowest BCUT2D eigenvalue weighted by molar-refractivity contribution is -0.130. The number of piperazine rings is 1. The summed E-state index contributed by atoms with van der Waals surface area (Å²) >= 11 is 0. The number of carbonyl (C=O) groups excluding carboxylic acids is 2. The fraction of sp³-hybridized carbons (Fsp3) is 0.417. The van der Waals surface area contributed by atoms with E-state index in [1.165, 1.54) is 0 Å². The Morgan fingerprint density at radius 1 is 0.970 bits per heavy atom. The molecule has 2 amide bonds. The molecule has 4 heterocycles. The molecule has 1 saturated heterocycles. The van der Waals surface area contributed by atoms with Gasteiger partial charge in [-0.3, -0.25) is 9.59 Å². The normalized spacial score (nSPS) is 15.9. The molecule has 0 unspecified atom stereocenters. The number of hydrogen-bond donors (Lipinski definition) is 0. The molecular weight excluding hydrogens is 422 g/mol. The lowest BCUT2D eigenvalue weighted by Crippen LogP contribution is -2.50. The van der Waals surface area contributed by atoms with Gasteiger partial charge in [0.1, 0.15) is 13.2 Å². The quantitative estimate of drug-likeness (QED) is 0.611. The topological polar surface area (TPSA) is 89.8 Å². The third-order valence-corrected chi connectivity index (χ3v) is 6.14. The van der Waals surface area contributed by atoms with Gasteiger partial charge in [0.25, 0.3) is 5.91 Å². The molecule has 33 heavy (non-hydrogen) atoms. The van der Waals surface area contributed by atoms with Gasteiger partial charge in [-0.25, -0.2) is 9.67 Å². The van der Waals surface area contributed by atoms with E-state index in [-0.39, 0.29) is 17.9 Å². The number of benzene rings is 1. The number of fused-ring (bicyclic) bond motifs is 2. The molecule has 2 aliphatic heterocycles. The Hall–Kier alpha value is -3.62. The van der Waals surface area contributed by atoms with Crippen LogP contribution in [-0.2, 0) is 4.79 Å². The zero-order chi connectivity index (χ0) is 23.1. The highest BCUT2D eigenvalue weighted by molar-refractivity contribution is 6.06.